The van der Waals surface area contributed by atoms with Crippen LogP contribution in [0.3, 0.4) is 0 Å². The van der Waals surface area contributed by atoms with Crippen molar-refractivity contribution in [3.63, 3.8) is 0 Å². The summed E-state index contributed by atoms with van der Waals surface area (Å²) in [7, 11) is 0. The third-order valence-electron chi connectivity index (χ3n) is 2.40. The minimum Gasteiger partial charge on any atom is -0.385 e. The molecule has 0 aliphatic rings. The molecule has 3 heteroatoms. The predicted octanol–water partition coefficient (Wildman–Crippen LogP) is 2.06. The minimum atomic E-state index is -0.636. The van der Waals surface area contributed by atoms with Gasteiger partial charge in [0, 0.05) is 18.8 Å². The monoisotopic (exact) mass is 214 g/mol. The topological polar surface area (TPSA) is 46.0 Å². The summed E-state index contributed by atoms with van der Waals surface area (Å²) in [5.41, 5.74) is 2.29. The molecular formula is C13H14N2O. The molecule has 2 rings (SSSR count). The second-order valence-corrected chi connectivity index (χ2v) is 3.82. The fourth-order valence-electron chi connectivity index (χ4n) is 1.64. The first-order valence-corrected chi connectivity index (χ1v) is 5.26. The zero-order chi connectivity index (χ0) is 11.4. The third kappa shape index (κ3) is 2.64. The second-order valence-electron chi connectivity index (χ2n) is 3.82. The molecule has 16 heavy (non-hydrogen) atoms. The van der Waals surface area contributed by atoms with E-state index in [9.17, 15) is 5.11 Å². The standard InChI is InChI=1S/C13H14N2O/c1-10-4-2-5-11(8-10)9-12(16)13-14-6-3-7-15-13/h2-8,12,16H,9H2,1H3. The van der Waals surface area contributed by atoms with E-state index in [1.165, 1.54) is 5.56 Å². The van der Waals surface area contributed by atoms with Crippen LogP contribution in [0.2, 0.25) is 0 Å². The van der Waals surface area contributed by atoms with Crippen LogP contribution in [0.25, 0.3) is 0 Å². The molecular weight excluding hydrogens is 200 g/mol. The van der Waals surface area contributed by atoms with Crippen LogP contribution in [0.1, 0.15) is 23.1 Å². The largest absolute Gasteiger partial charge is 0.385 e. The van der Waals surface area contributed by atoms with Gasteiger partial charge >= 0.3 is 0 Å². The molecule has 1 atom stereocenters. The Morgan fingerprint density at radius 1 is 1.19 bits per heavy atom. The van der Waals surface area contributed by atoms with Gasteiger partial charge in [-0.3, -0.25) is 0 Å². The highest BCUT2D eigenvalue weighted by Crippen LogP contribution is 2.14. The summed E-state index contributed by atoms with van der Waals surface area (Å²) in [5.74, 6) is 0.476. The molecule has 0 fully saturated rings. The van der Waals surface area contributed by atoms with Gasteiger partial charge in [0.25, 0.3) is 0 Å². The van der Waals surface area contributed by atoms with Gasteiger partial charge in [-0.25, -0.2) is 9.97 Å². The van der Waals surface area contributed by atoms with E-state index in [1.54, 1.807) is 18.5 Å². The Hall–Kier alpha value is -1.74. The van der Waals surface area contributed by atoms with E-state index in [4.69, 9.17) is 0 Å². The number of hydrogen-bond acceptors (Lipinski definition) is 3. The van der Waals surface area contributed by atoms with Crippen molar-refractivity contribution < 1.29 is 5.11 Å². The number of benzene rings is 1. The first kappa shape index (κ1) is 10.8. The van der Waals surface area contributed by atoms with Crippen molar-refractivity contribution in [3.05, 3.63) is 59.7 Å². The van der Waals surface area contributed by atoms with Crippen LogP contribution in [-0.2, 0) is 6.42 Å². The summed E-state index contributed by atoms with van der Waals surface area (Å²) in [6, 6.07) is 9.83. The number of nitrogens with zero attached hydrogens (tertiary/aromatic N) is 2. The Morgan fingerprint density at radius 2 is 1.94 bits per heavy atom. The van der Waals surface area contributed by atoms with E-state index in [1.807, 2.05) is 25.1 Å². The third-order valence-corrected chi connectivity index (χ3v) is 2.40. The first-order chi connectivity index (χ1) is 7.75. The Kier molecular flexibility index (Phi) is 3.27. The van der Waals surface area contributed by atoms with E-state index >= 15 is 0 Å². The van der Waals surface area contributed by atoms with Crippen LogP contribution in [0.4, 0.5) is 0 Å². The van der Waals surface area contributed by atoms with Crippen LogP contribution < -0.4 is 0 Å². The van der Waals surface area contributed by atoms with Gasteiger partial charge in [0.1, 0.15) is 6.10 Å². The van der Waals surface area contributed by atoms with Crippen LogP contribution in [0, 0.1) is 6.92 Å². The summed E-state index contributed by atoms with van der Waals surface area (Å²) in [4.78, 5) is 8.07. The lowest BCUT2D eigenvalue weighted by Crippen LogP contribution is -2.06. The van der Waals surface area contributed by atoms with Gasteiger partial charge in [-0.2, -0.15) is 0 Å². The van der Waals surface area contributed by atoms with Gasteiger partial charge in [0.05, 0.1) is 0 Å². The van der Waals surface area contributed by atoms with Crippen molar-refractivity contribution in [3.8, 4) is 0 Å². The number of rotatable bonds is 3. The van der Waals surface area contributed by atoms with Crippen molar-refractivity contribution in [2.24, 2.45) is 0 Å². The summed E-state index contributed by atoms with van der Waals surface area (Å²) >= 11 is 0. The summed E-state index contributed by atoms with van der Waals surface area (Å²) in [5, 5.41) is 9.94. The molecule has 0 aliphatic heterocycles. The molecule has 1 N–H and O–H groups in total. The van der Waals surface area contributed by atoms with E-state index in [0.29, 0.717) is 12.2 Å². The molecule has 0 saturated carbocycles. The Bertz CT molecular complexity index is 456. The Morgan fingerprint density at radius 3 is 2.62 bits per heavy atom. The Labute approximate surface area is 94.8 Å². The average molecular weight is 214 g/mol. The van der Waals surface area contributed by atoms with Gasteiger partial charge in [0.15, 0.2) is 5.82 Å². The zero-order valence-corrected chi connectivity index (χ0v) is 9.17. The fraction of sp³-hybridized carbons (Fsp3) is 0.231. The molecule has 0 amide bonds. The molecule has 1 aromatic carbocycles. The van der Waals surface area contributed by atoms with Crippen LogP contribution in [0.5, 0.6) is 0 Å². The molecule has 0 spiro atoms. The zero-order valence-electron chi connectivity index (χ0n) is 9.17. The molecule has 1 heterocycles. The number of hydrogen-bond donors (Lipinski definition) is 1. The van der Waals surface area contributed by atoms with E-state index in [-0.39, 0.29) is 0 Å². The quantitative estimate of drug-likeness (QED) is 0.850. The Balaban J connectivity index is 2.11. The van der Waals surface area contributed by atoms with Crippen molar-refractivity contribution in [2.45, 2.75) is 19.4 Å². The molecule has 0 radical (unpaired) electrons. The van der Waals surface area contributed by atoms with Crippen LogP contribution >= 0.6 is 0 Å². The number of aryl methyl sites for hydroxylation is 1. The van der Waals surface area contributed by atoms with Crippen LogP contribution in [-0.4, -0.2) is 15.1 Å². The van der Waals surface area contributed by atoms with Crippen molar-refractivity contribution in [1.82, 2.24) is 9.97 Å². The fourth-order valence-corrected chi connectivity index (χ4v) is 1.64. The highest BCUT2D eigenvalue weighted by atomic mass is 16.3. The van der Waals surface area contributed by atoms with Gasteiger partial charge in [-0.15, -0.1) is 0 Å². The first-order valence-electron chi connectivity index (χ1n) is 5.26. The predicted molar refractivity (Wildman–Crippen MR) is 61.9 cm³/mol. The molecule has 0 bridgehead atoms. The summed E-state index contributed by atoms with van der Waals surface area (Å²) < 4.78 is 0. The van der Waals surface area contributed by atoms with Gasteiger partial charge < -0.3 is 5.11 Å². The van der Waals surface area contributed by atoms with E-state index in [0.717, 1.165) is 5.56 Å². The number of aliphatic hydroxyl groups excluding tert-OH is 1. The summed E-state index contributed by atoms with van der Waals surface area (Å²) in [6.45, 7) is 2.04. The van der Waals surface area contributed by atoms with Crippen molar-refractivity contribution in [2.75, 3.05) is 0 Å². The second kappa shape index (κ2) is 4.86. The normalized spacial score (nSPS) is 12.4. The minimum absolute atomic E-state index is 0.476. The number of aliphatic hydroxyl groups is 1. The highest BCUT2D eigenvalue weighted by Gasteiger charge is 2.10. The van der Waals surface area contributed by atoms with Crippen molar-refractivity contribution in [1.29, 1.82) is 0 Å². The number of aromatic nitrogens is 2. The summed E-state index contributed by atoms with van der Waals surface area (Å²) in [6.07, 6.45) is 3.19. The lowest BCUT2D eigenvalue weighted by atomic mass is 10.1. The molecule has 82 valence electrons. The molecule has 0 saturated heterocycles. The van der Waals surface area contributed by atoms with Gasteiger partial charge in [0.2, 0.25) is 0 Å². The SMILES string of the molecule is Cc1cccc(CC(O)c2ncccn2)c1. The van der Waals surface area contributed by atoms with E-state index in [2.05, 4.69) is 16.0 Å². The average Bonchev–Trinajstić information content (AvgIpc) is 2.30. The maximum absolute atomic E-state index is 9.94. The van der Waals surface area contributed by atoms with E-state index < -0.39 is 6.10 Å². The van der Waals surface area contributed by atoms with Crippen LogP contribution in [0.15, 0.2) is 42.7 Å². The maximum atomic E-state index is 9.94. The molecule has 2 aromatic rings. The molecule has 3 nitrogen and oxygen atoms in total. The highest BCUT2D eigenvalue weighted by molar-refractivity contribution is 5.23. The molecule has 1 unspecified atom stereocenters. The van der Waals surface area contributed by atoms with Gasteiger partial charge in [-0.05, 0) is 18.6 Å². The smallest absolute Gasteiger partial charge is 0.157 e. The molecule has 0 aliphatic carbocycles. The lowest BCUT2D eigenvalue weighted by molar-refractivity contribution is 0.168. The van der Waals surface area contributed by atoms with Crippen molar-refractivity contribution >= 4 is 0 Å². The molecule has 1 aromatic heterocycles. The lowest BCUT2D eigenvalue weighted by Gasteiger charge is -2.09. The maximum Gasteiger partial charge on any atom is 0.157 e. The van der Waals surface area contributed by atoms with Gasteiger partial charge in [-0.1, -0.05) is 29.8 Å².